The Morgan fingerprint density at radius 1 is 1.38 bits per heavy atom. The molecule has 0 radical (unpaired) electrons. The standard InChI is InChI=1S/C14H21N3O4/c1-3-7-16-14(18)10-21-13-8-11(9-15-4-2)5-6-12(13)17(19)20/h5-6,8,15H,3-4,7,9-10H2,1-2H3,(H,16,18). The maximum atomic E-state index is 11.5. The minimum atomic E-state index is -0.518. The second-order valence-corrected chi connectivity index (χ2v) is 4.48. The van der Waals surface area contributed by atoms with E-state index >= 15 is 0 Å². The Morgan fingerprint density at radius 3 is 2.76 bits per heavy atom. The van der Waals surface area contributed by atoms with Crippen LogP contribution in [0, 0.1) is 10.1 Å². The lowest BCUT2D eigenvalue weighted by molar-refractivity contribution is -0.385. The molecule has 116 valence electrons. The Morgan fingerprint density at radius 2 is 2.14 bits per heavy atom. The molecule has 7 heteroatoms. The van der Waals surface area contributed by atoms with Gasteiger partial charge in [-0.05, 0) is 24.6 Å². The first-order valence-electron chi connectivity index (χ1n) is 6.96. The topological polar surface area (TPSA) is 93.5 Å². The van der Waals surface area contributed by atoms with Crippen molar-refractivity contribution in [2.45, 2.75) is 26.8 Å². The molecule has 0 saturated carbocycles. The van der Waals surface area contributed by atoms with Gasteiger partial charge in [-0.15, -0.1) is 0 Å². The van der Waals surface area contributed by atoms with Crippen LogP contribution in [-0.2, 0) is 11.3 Å². The first kappa shape index (κ1) is 16.9. The molecular weight excluding hydrogens is 274 g/mol. The van der Waals surface area contributed by atoms with Crippen molar-refractivity contribution < 1.29 is 14.5 Å². The van der Waals surface area contributed by atoms with Gasteiger partial charge in [-0.3, -0.25) is 14.9 Å². The molecule has 0 atom stereocenters. The third-order valence-electron chi connectivity index (χ3n) is 2.73. The van der Waals surface area contributed by atoms with Gasteiger partial charge < -0.3 is 15.4 Å². The molecule has 0 aromatic heterocycles. The number of nitro groups is 1. The van der Waals surface area contributed by atoms with Crippen molar-refractivity contribution in [3.63, 3.8) is 0 Å². The van der Waals surface area contributed by atoms with Crippen LogP contribution in [0.25, 0.3) is 0 Å². The van der Waals surface area contributed by atoms with Crippen molar-refractivity contribution in [1.82, 2.24) is 10.6 Å². The van der Waals surface area contributed by atoms with Crippen molar-refractivity contribution in [3.05, 3.63) is 33.9 Å². The minimum absolute atomic E-state index is 0.113. The normalized spacial score (nSPS) is 10.2. The summed E-state index contributed by atoms with van der Waals surface area (Å²) in [5.41, 5.74) is 0.727. The van der Waals surface area contributed by atoms with Crippen molar-refractivity contribution >= 4 is 11.6 Å². The number of hydrogen-bond acceptors (Lipinski definition) is 5. The summed E-state index contributed by atoms with van der Waals surface area (Å²) < 4.78 is 5.30. The van der Waals surface area contributed by atoms with Crippen molar-refractivity contribution in [1.29, 1.82) is 0 Å². The number of nitro benzene ring substituents is 1. The molecule has 0 aliphatic heterocycles. The number of amides is 1. The zero-order valence-corrected chi connectivity index (χ0v) is 12.3. The van der Waals surface area contributed by atoms with Crippen LogP contribution in [0.4, 0.5) is 5.69 Å². The molecule has 0 fully saturated rings. The van der Waals surface area contributed by atoms with Crippen LogP contribution in [0.5, 0.6) is 5.75 Å². The molecule has 0 spiro atoms. The SMILES string of the molecule is CCCNC(=O)COc1cc(CNCC)ccc1[N+](=O)[O-]. The molecule has 1 aromatic carbocycles. The third kappa shape index (κ3) is 5.78. The van der Waals surface area contributed by atoms with E-state index in [0.717, 1.165) is 18.5 Å². The molecule has 0 saturated heterocycles. The lowest BCUT2D eigenvalue weighted by Gasteiger charge is -2.09. The van der Waals surface area contributed by atoms with E-state index < -0.39 is 4.92 Å². The van der Waals surface area contributed by atoms with Gasteiger partial charge >= 0.3 is 5.69 Å². The predicted octanol–water partition coefficient (Wildman–Crippen LogP) is 1.61. The summed E-state index contributed by atoms with van der Waals surface area (Å²) in [5.74, 6) is -0.176. The lowest BCUT2D eigenvalue weighted by Crippen LogP contribution is -2.29. The summed E-state index contributed by atoms with van der Waals surface area (Å²) in [7, 11) is 0. The van der Waals surface area contributed by atoms with Crippen LogP contribution in [0.2, 0.25) is 0 Å². The highest BCUT2D eigenvalue weighted by Gasteiger charge is 2.16. The second kappa shape index (κ2) is 8.91. The van der Waals surface area contributed by atoms with Crippen LogP contribution in [0.15, 0.2) is 18.2 Å². The summed E-state index contributed by atoms with van der Waals surface area (Å²) >= 11 is 0. The Kier molecular flexibility index (Phi) is 7.17. The molecule has 21 heavy (non-hydrogen) atoms. The smallest absolute Gasteiger partial charge is 0.310 e. The molecule has 0 aliphatic carbocycles. The summed E-state index contributed by atoms with van der Waals surface area (Å²) in [5, 5.41) is 16.8. The zero-order chi connectivity index (χ0) is 15.7. The molecule has 1 aromatic rings. The fourth-order valence-corrected chi connectivity index (χ4v) is 1.66. The number of nitrogens with zero attached hydrogens (tertiary/aromatic N) is 1. The van der Waals surface area contributed by atoms with E-state index in [4.69, 9.17) is 4.74 Å². The fourth-order valence-electron chi connectivity index (χ4n) is 1.66. The van der Waals surface area contributed by atoms with Gasteiger partial charge in [-0.2, -0.15) is 0 Å². The number of hydrogen-bond donors (Lipinski definition) is 2. The van der Waals surface area contributed by atoms with E-state index in [1.165, 1.54) is 6.07 Å². The number of carbonyl (C=O) groups is 1. The van der Waals surface area contributed by atoms with Crippen molar-refractivity contribution in [3.8, 4) is 5.75 Å². The van der Waals surface area contributed by atoms with Gasteiger partial charge in [-0.25, -0.2) is 0 Å². The van der Waals surface area contributed by atoms with Gasteiger partial charge in [0, 0.05) is 19.2 Å². The van der Waals surface area contributed by atoms with E-state index in [9.17, 15) is 14.9 Å². The molecular formula is C14H21N3O4. The lowest BCUT2D eigenvalue weighted by atomic mass is 10.2. The summed E-state index contributed by atoms with van der Waals surface area (Å²) in [6.07, 6.45) is 0.823. The average molecular weight is 295 g/mol. The Balaban J connectivity index is 2.76. The van der Waals surface area contributed by atoms with Crippen LogP contribution in [-0.4, -0.2) is 30.5 Å². The predicted molar refractivity (Wildman–Crippen MR) is 79.3 cm³/mol. The van der Waals surface area contributed by atoms with Crippen molar-refractivity contribution in [2.24, 2.45) is 0 Å². The molecule has 0 unspecified atom stereocenters. The van der Waals surface area contributed by atoms with Crippen LogP contribution in [0.1, 0.15) is 25.8 Å². The van der Waals surface area contributed by atoms with Crippen LogP contribution in [0.3, 0.4) is 0 Å². The van der Waals surface area contributed by atoms with E-state index in [0.29, 0.717) is 13.1 Å². The maximum absolute atomic E-state index is 11.5. The third-order valence-corrected chi connectivity index (χ3v) is 2.73. The summed E-state index contributed by atoms with van der Waals surface area (Å²) in [6.45, 7) is 5.63. The van der Waals surface area contributed by atoms with E-state index in [1.807, 2.05) is 13.8 Å². The monoisotopic (exact) mass is 295 g/mol. The highest BCUT2D eigenvalue weighted by atomic mass is 16.6. The number of carbonyl (C=O) groups excluding carboxylic acids is 1. The molecule has 2 N–H and O–H groups in total. The minimum Gasteiger partial charge on any atom is -0.477 e. The van der Waals surface area contributed by atoms with Gasteiger partial charge in [0.2, 0.25) is 0 Å². The Hall–Kier alpha value is -2.15. The number of benzene rings is 1. The summed E-state index contributed by atoms with van der Waals surface area (Å²) in [4.78, 5) is 22.0. The van der Waals surface area contributed by atoms with Crippen LogP contribution < -0.4 is 15.4 Å². The van der Waals surface area contributed by atoms with Gasteiger partial charge in [0.25, 0.3) is 5.91 Å². The molecule has 0 aliphatic rings. The zero-order valence-electron chi connectivity index (χ0n) is 12.3. The molecule has 0 bridgehead atoms. The number of nitrogens with one attached hydrogen (secondary N) is 2. The van der Waals surface area contributed by atoms with E-state index in [1.54, 1.807) is 12.1 Å². The Bertz CT molecular complexity index is 491. The fraction of sp³-hybridized carbons (Fsp3) is 0.500. The highest BCUT2D eigenvalue weighted by Crippen LogP contribution is 2.27. The molecule has 1 amide bonds. The maximum Gasteiger partial charge on any atom is 0.310 e. The van der Waals surface area contributed by atoms with Crippen molar-refractivity contribution in [2.75, 3.05) is 19.7 Å². The van der Waals surface area contributed by atoms with Gasteiger partial charge in [0.15, 0.2) is 12.4 Å². The largest absolute Gasteiger partial charge is 0.477 e. The quantitative estimate of drug-likeness (QED) is 0.533. The van der Waals surface area contributed by atoms with Gasteiger partial charge in [0.05, 0.1) is 4.92 Å². The number of rotatable bonds is 9. The molecule has 7 nitrogen and oxygen atoms in total. The molecule has 0 heterocycles. The van der Waals surface area contributed by atoms with Crippen LogP contribution >= 0.6 is 0 Å². The first-order valence-corrected chi connectivity index (χ1v) is 6.96. The van der Waals surface area contributed by atoms with E-state index in [-0.39, 0.29) is 24.0 Å². The van der Waals surface area contributed by atoms with Gasteiger partial charge in [0.1, 0.15) is 0 Å². The number of ether oxygens (including phenoxy) is 1. The second-order valence-electron chi connectivity index (χ2n) is 4.48. The average Bonchev–Trinajstić information content (AvgIpc) is 2.48. The Labute approximate surface area is 123 Å². The summed E-state index contributed by atoms with van der Waals surface area (Å²) in [6, 6.07) is 4.66. The van der Waals surface area contributed by atoms with Gasteiger partial charge in [-0.1, -0.05) is 19.9 Å². The highest BCUT2D eigenvalue weighted by molar-refractivity contribution is 5.77. The van der Waals surface area contributed by atoms with E-state index in [2.05, 4.69) is 10.6 Å². The first-order chi connectivity index (χ1) is 10.1. The molecule has 1 rings (SSSR count).